The highest BCUT2D eigenvalue weighted by atomic mass is 35.5. The summed E-state index contributed by atoms with van der Waals surface area (Å²) in [7, 11) is 0. The third kappa shape index (κ3) is 3.79. The molecule has 0 atom stereocenters. The molecule has 0 spiro atoms. The molecular formula is C17H18ClN5OS. The maximum absolute atomic E-state index is 5.97. The van der Waals surface area contributed by atoms with Crippen LogP contribution in [0.1, 0.15) is 0 Å². The van der Waals surface area contributed by atoms with E-state index in [1.54, 1.807) is 18.1 Å². The van der Waals surface area contributed by atoms with Gasteiger partial charge < -0.3 is 4.74 Å². The molecule has 0 aliphatic carbocycles. The quantitative estimate of drug-likeness (QED) is 0.505. The Hall–Kier alpha value is -1.67. The average Bonchev–Trinajstić information content (AvgIpc) is 3.08. The summed E-state index contributed by atoms with van der Waals surface area (Å²) in [5.74, 6) is 0.984. The molecule has 1 aliphatic rings. The molecule has 130 valence electrons. The number of thioether (sulfide) groups is 1. The number of hydrogen-bond acceptors (Lipinski definition) is 6. The van der Waals surface area contributed by atoms with E-state index >= 15 is 0 Å². The van der Waals surface area contributed by atoms with Gasteiger partial charge in [0.1, 0.15) is 11.4 Å². The van der Waals surface area contributed by atoms with Crippen molar-refractivity contribution in [2.75, 3.05) is 38.6 Å². The van der Waals surface area contributed by atoms with Gasteiger partial charge in [0.25, 0.3) is 0 Å². The number of nitrogens with zero attached hydrogens (tertiary/aromatic N) is 5. The second-order valence-electron chi connectivity index (χ2n) is 5.75. The van der Waals surface area contributed by atoms with E-state index in [9.17, 15) is 0 Å². The lowest BCUT2D eigenvalue weighted by molar-refractivity contribution is 0.0410. The Kier molecular flexibility index (Phi) is 5.17. The molecule has 0 bridgehead atoms. The largest absolute Gasteiger partial charge is 0.379 e. The highest BCUT2D eigenvalue weighted by molar-refractivity contribution is 7.99. The number of benzene rings is 1. The fraction of sp³-hybridized carbons (Fsp3) is 0.353. The van der Waals surface area contributed by atoms with Crippen LogP contribution in [0.2, 0.25) is 5.02 Å². The second-order valence-corrected chi connectivity index (χ2v) is 7.27. The van der Waals surface area contributed by atoms with Crippen LogP contribution in [0.4, 0.5) is 0 Å². The summed E-state index contributed by atoms with van der Waals surface area (Å²) in [5, 5.41) is 7.13. The second kappa shape index (κ2) is 7.70. The number of rotatable bonds is 5. The minimum absolute atomic E-state index is 0.703. The first-order chi connectivity index (χ1) is 12.3. The first kappa shape index (κ1) is 16.8. The van der Waals surface area contributed by atoms with E-state index < -0.39 is 0 Å². The van der Waals surface area contributed by atoms with Crippen LogP contribution in [0.25, 0.3) is 16.7 Å². The van der Waals surface area contributed by atoms with E-state index in [2.05, 4.69) is 20.0 Å². The van der Waals surface area contributed by atoms with Gasteiger partial charge in [0.2, 0.25) is 0 Å². The van der Waals surface area contributed by atoms with Crippen LogP contribution in [0.3, 0.4) is 0 Å². The normalized spacial score (nSPS) is 15.7. The topological polar surface area (TPSA) is 56.1 Å². The lowest BCUT2D eigenvalue weighted by Gasteiger charge is -2.26. The smallest absolute Gasteiger partial charge is 0.167 e. The molecule has 0 radical (unpaired) electrons. The Morgan fingerprint density at radius 1 is 1.12 bits per heavy atom. The molecule has 6 nitrogen and oxygen atoms in total. The maximum Gasteiger partial charge on any atom is 0.167 e. The molecular weight excluding hydrogens is 358 g/mol. The number of aromatic nitrogens is 4. The standard InChI is InChI=1S/C17H18ClN5OS/c18-13-1-3-14(4-2-13)23-16-15(11-21-23)17(20-12-19-16)25-10-7-22-5-8-24-9-6-22/h1-4,11-12H,5-10H2. The van der Waals surface area contributed by atoms with Crippen molar-refractivity contribution in [2.45, 2.75) is 5.03 Å². The highest BCUT2D eigenvalue weighted by Gasteiger charge is 2.13. The van der Waals surface area contributed by atoms with Crippen molar-refractivity contribution >= 4 is 34.4 Å². The molecule has 1 aliphatic heterocycles. The van der Waals surface area contributed by atoms with E-state index in [1.165, 1.54) is 0 Å². The summed E-state index contributed by atoms with van der Waals surface area (Å²) < 4.78 is 7.20. The zero-order valence-electron chi connectivity index (χ0n) is 13.6. The van der Waals surface area contributed by atoms with Crippen molar-refractivity contribution in [1.82, 2.24) is 24.6 Å². The van der Waals surface area contributed by atoms with Gasteiger partial charge in [0, 0.05) is 30.4 Å². The number of fused-ring (bicyclic) bond motifs is 1. The predicted molar refractivity (Wildman–Crippen MR) is 99.7 cm³/mol. The lowest BCUT2D eigenvalue weighted by atomic mass is 10.3. The first-order valence-electron chi connectivity index (χ1n) is 8.19. The molecule has 0 saturated carbocycles. The average molecular weight is 376 g/mol. The summed E-state index contributed by atoms with van der Waals surface area (Å²) in [6.07, 6.45) is 3.44. The minimum atomic E-state index is 0.703. The van der Waals surface area contributed by atoms with Gasteiger partial charge in [-0.15, -0.1) is 11.8 Å². The van der Waals surface area contributed by atoms with Crippen molar-refractivity contribution in [1.29, 1.82) is 0 Å². The third-order valence-corrected chi connectivity index (χ3v) is 5.39. The summed E-state index contributed by atoms with van der Waals surface area (Å²) in [4.78, 5) is 11.3. The van der Waals surface area contributed by atoms with Crippen LogP contribution in [0.15, 0.2) is 41.8 Å². The van der Waals surface area contributed by atoms with Crippen LogP contribution >= 0.6 is 23.4 Å². The van der Waals surface area contributed by atoms with Crippen molar-refractivity contribution in [3.8, 4) is 5.69 Å². The van der Waals surface area contributed by atoms with Gasteiger partial charge in [-0.05, 0) is 24.3 Å². The fourth-order valence-corrected chi connectivity index (χ4v) is 3.90. The van der Waals surface area contributed by atoms with Crippen LogP contribution in [0, 0.1) is 0 Å². The van der Waals surface area contributed by atoms with Crippen molar-refractivity contribution in [3.63, 3.8) is 0 Å². The zero-order chi connectivity index (χ0) is 17.1. The Balaban J connectivity index is 1.51. The monoisotopic (exact) mass is 375 g/mol. The minimum Gasteiger partial charge on any atom is -0.379 e. The maximum atomic E-state index is 5.97. The summed E-state index contributed by atoms with van der Waals surface area (Å²) in [6, 6.07) is 7.57. The Labute approximate surface area is 155 Å². The van der Waals surface area contributed by atoms with Crippen LogP contribution in [-0.2, 0) is 4.74 Å². The molecule has 0 amide bonds. The van der Waals surface area contributed by atoms with E-state index in [0.29, 0.717) is 5.02 Å². The lowest BCUT2D eigenvalue weighted by Crippen LogP contribution is -2.37. The Bertz CT molecular complexity index is 848. The van der Waals surface area contributed by atoms with E-state index in [4.69, 9.17) is 16.3 Å². The van der Waals surface area contributed by atoms with Gasteiger partial charge in [-0.2, -0.15) is 5.10 Å². The van der Waals surface area contributed by atoms with Gasteiger partial charge in [0.15, 0.2) is 5.65 Å². The van der Waals surface area contributed by atoms with Crippen LogP contribution in [-0.4, -0.2) is 63.2 Å². The highest BCUT2D eigenvalue weighted by Crippen LogP contribution is 2.26. The summed E-state index contributed by atoms with van der Waals surface area (Å²) in [6.45, 7) is 4.71. The van der Waals surface area contributed by atoms with Gasteiger partial charge in [-0.25, -0.2) is 14.6 Å². The van der Waals surface area contributed by atoms with E-state index in [-0.39, 0.29) is 0 Å². The van der Waals surface area contributed by atoms with Crippen molar-refractivity contribution < 1.29 is 4.74 Å². The van der Waals surface area contributed by atoms with Crippen LogP contribution in [0.5, 0.6) is 0 Å². The molecule has 25 heavy (non-hydrogen) atoms. The zero-order valence-corrected chi connectivity index (χ0v) is 15.2. The molecule has 0 N–H and O–H groups in total. The number of morpholine rings is 1. The molecule has 8 heteroatoms. The molecule has 1 saturated heterocycles. The number of hydrogen-bond donors (Lipinski definition) is 0. The molecule has 3 heterocycles. The fourth-order valence-electron chi connectivity index (χ4n) is 2.81. The molecule has 3 aromatic rings. The third-order valence-electron chi connectivity index (χ3n) is 4.15. The summed E-state index contributed by atoms with van der Waals surface area (Å²) in [5.41, 5.74) is 1.74. The molecule has 2 aromatic heterocycles. The SMILES string of the molecule is Clc1ccc(-n2ncc3c(SCCN4CCOCC4)ncnc32)cc1. The molecule has 1 fully saturated rings. The van der Waals surface area contributed by atoms with Gasteiger partial charge in [-0.3, -0.25) is 4.90 Å². The van der Waals surface area contributed by atoms with Crippen molar-refractivity contribution in [2.24, 2.45) is 0 Å². The number of halogens is 1. The first-order valence-corrected chi connectivity index (χ1v) is 9.55. The van der Waals surface area contributed by atoms with Gasteiger partial charge in [0.05, 0.1) is 30.5 Å². The van der Waals surface area contributed by atoms with E-state index in [0.717, 1.165) is 60.3 Å². The Morgan fingerprint density at radius 2 is 1.92 bits per heavy atom. The van der Waals surface area contributed by atoms with Crippen LogP contribution < -0.4 is 0 Å². The van der Waals surface area contributed by atoms with E-state index in [1.807, 2.05) is 35.1 Å². The van der Waals surface area contributed by atoms with Crippen molar-refractivity contribution in [3.05, 3.63) is 41.8 Å². The molecule has 4 rings (SSSR count). The molecule has 1 aromatic carbocycles. The van der Waals surface area contributed by atoms with Gasteiger partial charge >= 0.3 is 0 Å². The number of ether oxygens (including phenoxy) is 1. The Morgan fingerprint density at radius 3 is 2.72 bits per heavy atom. The predicted octanol–water partition coefficient (Wildman–Crippen LogP) is 2.89. The summed E-state index contributed by atoms with van der Waals surface area (Å²) >= 11 is 7.71. The van der Waals surface area contributed by atoms with Gasteiger partial charge in [-0.1, -0.05) is 11.6 Å². The molecule has 0 unspecified atom stereocenters.